The number of rotatable bonds is 6. The summed E-state index contributed by atoms with van der Waals surface area (Å²) in [6, 6.07) is 11.1. The molecule has 1 heterocycles. The maximum Gasteiger partial charge on any atom is 0.225 e. The van der Waals surface area contributed by atoms with Crippen molar-refractivity contribution in [2.45, 2.75) is 68.1 Å². The number of aliphatic imine (C=N–C) groups is 1. The van der Waals surface area contributed by atoms with Crippen molar-refractivity contribution in [1.29, 1.82) is 0 Å². The Balaban J connectivity index is 1.50. The lowest BCUT2D eigenvalue weighted by Crippen LogP contribution is -2.52. The average molecular weight is 417 g/mol. The molecular formula is C23H36N4OS. The second-order valence-electron chi connectivity index (χ2n) is 8.63. The monoisotopic (exact) mass is 416 g/mol. The molecule has 1 aromatic carbocycles. The number of guanidine groups is 1. The summed E-state index contributed by atoms with van der Waals surface area (Å²) in [5.41, 5.74) is 0. The molecule has 5 nitrogen and oxygen atoms in total. The first-order valence-corrected chi connectivity index (χ1v) is 11.8. The minimum absolute atomic E-state index is 0.0821. The van der Waals surface area contributed by atoms with Crippen LogP contribution < -0.4 is 10.6 Å². The fourth-order valence-corrected chi connectivity index (χ4v) is 5.75. The lowest BCUT2D eigenvalue weighted by molar-refractivity contribution is -0.135. The Bertz CT molecular complexity index is 677. The number of benzene rings is 1. The van der Waals surface area contributed by atoms with E-state index in [1.54, 1.807) is 0 Å². The lowest BCUT2D eigenvalue weighted by atomic mass is 10.0. The highest BCUT2D eigenvalue weighted by atomic mass is 32.2. The summed E-state index contributed by atoms with van der Waals surface area (Å²) < 4.78 is 0.242. The third-order valence-corrected chi connectivity index (χ3v) is 7.53. The molecular weight excluding hydrogens is 380 g/mol. The van der Waals surface area contributed by atoms with Crippen LogP contribution in [0.3, 0.4) is 0 Å². The summed E-state index contributed by atoms with van der Waals surface area (Å²) in [4.78, 5) is 20.0. The highest BCUT2D eigenvalue weighted by molar-refractivity contribution is 8.00. The number of likely N-dealkylation sites (tertiary alicyclic amines) is 1. The van der Waals surface area contributed by atoms with Crippen molar-refractivity contribution in [2.75, 3.05) is 26.7 Å². The second-order valence-corrected chi connectivity index (χ2v) is 10.2. The van der Waals surface area contributed by atoms with Crippen LogP contribution in [0.15, 0.2) is 40.2 Å². The molecule has 0 radical (unpaired) electrons. The van der Waals surface area contributed by atoms with E-state index in [1.807, 2.05) is 37.6 Å². The number of hydrogen-bond donors (Lipinski definition) is 2. The van der Waals surface area contributed by atoms with Gasteiger partial charge < -0.3 is 15.5 Å². The molecule has 1 saturated carbocycles. The Hall–Kier alpha value is -1.69. The van der Waals surface area contributed by atoms with Gasteiger partial charge in [0.1, 0.15) is 0 Å². The molecule has 1 amide bonds. The highest BCUT2D eigenvalue weighted by Crippen LogP contribution is 2.44. The standard InChI is InChI=1S/C23H36N4OS/c1-18(2)21(28)27-15-11-19(12-16-27)26-22(24-3)25-17-23(13-7-8-14-23)29-20-9-5-4-6-10-20/h4-6,9-10,18-19H,7-8,11-17H2,1-3H3,(H2,24,25,26). The molecule has 0 spiro atoms. The minimum atomic E-state index is 0.0821. The van der Waals surface area contributed by atoms with Crippen molar-refractivity contribution in [3.63, 3.8) is 0 Å². The largest absolute Gasteiger partial charge is 0.355 e. The van der Waals surface area contributed by atoms with Crippen LogP contribution >= 0.6 is 11.8 Å². The van der Waals surface area contributed by atoms with Gasteiger partial charge >= 0.3 is 0 Å². The van der Waals surface area contributed by atoms with E-state index in [1.165, 1.54) is 30.6 Å². The molecule has 0 atom stereocenters. The first kappa shape index (κ1) is 22.0. The average Bonchev–Trinajstić information content (AvgIpc) is 3.20. The number of piperidine rings is 1. The smallest absolute Gasteiger partial charge is 0.225 e. The molecule has 160 valence electrons. The van der Waals surface area contributed by atoms with Gasteiger partial charge in [0, 0.05) is 48.3 Å². The fraction of sp³-hybridized carbons (Fsp3) is 0.652. The zero-order chi connectivity index (χ0) is 20.7. The zero-order valence-electron chi connectivity index (χ0n) is 18.1. The minimum Gasteiger partial charge on any atom is -0.355 e. The van der Waals surface area contributed by atoms with Crippen molar-refractivity contribution >= 4 is 23.6 Å². The van der Waals surface area contributed by atoms with Crippen LogP contribution in [-0.4, -0.2) is 54.2 Å². The molecule has 6 heteroatoms. The van der Waals surface area contributed by atoms with Crippen LogP contribution in [0.5, 0.6) is 0 Å². The summed E-state index contributed by atoms with van der Waals surface area (Å²) in [5, 5.41) is 7.20. The van der Waals surface area contributed by atoms with Crippen LogP contribution in [0.1, 0.15) is 52.4 Å². The van der Waals surface area contributed by atoms with E-state index >= 15 is 0 Å². The van der Waals surface area contributed by atoms with Gasteiger partial charge in [-0.2, -0.15) is 0 Å². The molecule has 1 aromatic rings. The molecule has 0 aromatic heterocycles. The van der Waals surface area contributed by atoms with E-state index in [0.717, 1.165) is 38.4 Å². The third kappa shape index (κ3) is 6.14. The van der Waals surface area contributed by atoms with Gasteiger partial charge in [0.25, 0.3) is 0 Å². The Kier molecular flexibility index (Phi) is 7.87. The first-order valence-electron chi connectivity index (χ1n) is 11.0. The van der Waals surface area contributed by atoms with E-state index in [2.05, 4.69) is 46.0 Å². The summed E-state index contributed by atoms with van der Waals surface area (Å²) in [5.74, 6) is 1.24. The lowest BCUT2D eigenvalue weighted by Gasteiger charge is -2.35. The van der Waals surface area contributed by atoms with Gasteiger partial charge in [-0.05, 0) is 37.8 Å². The topological polar surface area (TPSA) is 56.7 Å². The van der Waals surface area contributed by atoms with E-state index in [4.69, 9.17) is 0 Å². The van der Waals surface area contributed by atoms with Crippen LogP contribution in [0.2, 0.25) is 0 Å². The van der Waals surface area contributed by atoms with Gasteiger partial charge in [-0.3, -0.25) is 9.79 Å². The maximum absolute atomic E-state index is 12.2. The molecule has 2 N–H and O–H groups in total. The van der Waals surface area contributed by atoms with Gasteiger partial charge in [-0.1, -0.05) is 44.9 Å². The zero-order valence-corrected chi connectivity index (χ0v) is 18.9. The molecule has 2 aliphatic rings. The Morgan fingerprint density at radius 2 is 1.86 bits per heavy atom. The van der Waals surface area contributed by atoms with Crippen LogP contribution in [-0.2, 0) is 4.79 Å². The van der Waals surface area contributed by atoms with E-state index in [-0.39, 0.29) is 16.6 Å². The number of nitrogens with zero attached hydrogens (tertiary/aromatic N) is 2. The van der Waals surface area contributed by atoms with Crippen LogP contribution in [0, 0.1) is 5.92 Å². The van der Waals surface area contributed by atoms with Crippen LogP contribution in [0.25, 0.3) is 0 Å². The molecule has 1 aliphatic heterocycles. The molecule has 2 fully saturated rings. The summed E-state index contributed by atoms with van der Waals surface area (Å²) in [7, 11) is 1.85. The van der Waals surface area contributed by atoms with Crippen LogP contribution in [0.4, 0.5) is 0 Å². The summed E-state index contributed by atoms with van der Waals surface area (Å²) in [6.07, 6.45) is 7.04. The van der Waals surface area contributed by atoms with Gasteiger partial charge in [0.15, 0.2) is 5.96 Å². The van der Waals surface area contributed by atoms with Gasteiger partial charge in [0.2, 0.25) is 5.91 Å². The first-order chi connectivity index (χ1) is 14.0. The normalized spacial score (nSPS) is 20.1. The number of thioether (sulfide) groups is 1. The van der Waals surface area contributed by atoms with E-state index < -0.39 is 0 Å². The second kappa shape index (κ2) is 10.4. The molecule has 0 bridgehead atoms. The van der Waals surface area contributed by atoms with Crippen molar-refractivity contribution in [3.8, 4) is 0 Å². The predicted octanol–water partition coefficient (Wildman–Crippen LogP) is 3.90. The Morgan fingerprint density at radius 1 is 1.21 bits per heavy atom. The number of carbonyl (C=O) groups excluding carboxylic acids is 1. The third-order valence-electron chi connectivity index (χ3n) is 6.04. The van der Waals surface area contributed by atoms with E-state index in [9.17, 15) is 4.79 Å². The summed E-state index contributed by atoms with van der Waals surface area (Å²) in [6.45, 7) is 6.55. The molecule has 3 rings (SSSR count). The highest BCUT2D eigenvalue weighted by Gasteiger charge is 2.35. The van der Waals surface area contributed by atoms with Crippen molar-refractivity contribution in [1.82, 2.24) is 15.5 Å². The summed E-state index contributed by atoms with van der Waals surface area (Å²) >= 11 is 2.01. The molecule has 0 unspecified atom stereocenters. The SMILES string of the molecule is CN=C(NCC1(Sc2ccccc2)CCCC1)NC1CCN(C(=O)C(C)C)CC1. The van der Waals surface area contributed by atoms with E-state index in [0.29, 0.717) is 6.04 Å². The van der Waals surface area contributed by atoms with Crippen molar-refractivity contribution < 1.29 is 4.79 Å². The number of hydrogen-bond acceptors (Lipinski definition) is 3. The maximum atomic E-state index is 12.2. The molecule has 1 aliphatic carbocycles. The quantitative estimate of drug-likeness (QED) is 0.545. The number of amides is 1. The van der Waals surface area contributed by atoms with Crippen molar-refractivity contribution in [3.05, 3.63) is 30.3 Å². The van der Waals surface area contributed by atoms with Gasteiger partial charge in [-0.15, -0.1) is 11.8 Å². The van der Waals surface area contributed by atoms with Crippen molar-refractivity contribution in [2.24, 2.45) is 10.9 Å². The predicted molar refractivity (Wildman–Crippen MR) is 122 cm³/mol. The Morgan fingerprint density at radius 3 is 2.45 bits per heavy atom. The van der Waals surface area contributed by atoms with Gasteiger partial charge in [0.05, 0.1) is 0 Å². The number of carbonyl (C=O) groups is 1. The Labute approximate surface area is 180 Å². The molecule has 1 saturated heterocycles. The molecule has 29 heavy (non-hydrogen) atoms. The van der Waals surface area contributed by atoms with Gasteiger partial charge in [-0.25, -0.2) is 0 Å². The fourth-order valence-electron chi connectivity index (χ4n) is 4.31. The number of nitrogens with one attached hydrogen (secondary N) is 2.